The summed E-state index contributed by atoms with van der Waals surface area (Å²) in [6, 6.07) is 16.1. The first-order valence-corrected chi connectivity index (χ1v) is 8.67. The number of pyridine rings is 1. The maximum atomic E-state index is 10.4. The number of aliphatic hydroxyl groups excluding tert-OH is 1. The lowest BCUT2D eigenvalue weighted by Gasteiger charge is -2.36. The number of furan rings is 1. The van der Waals surface area contributed by atoms with Crippen LogP contribution in [0.25, 0.3) is 10.9 Å². The van der Waals surface area contributed by atoms with Gasteiger partial charge >= 0.3 is 0 Å². The Hall–Kier alpha value is -2.21. The van der Waals surface area contributed by atoms with Crippen LogP contribution in [0.5, 0.6) is 0 Å². The minimum atomic E-state index is -0.617. The quantitative estimate of drug-likeness (QED) is 0.774. The zero-order valence-corrected chi connectivity index (χ0v) is 14.0. The minimum Gasteiger partial charge on any atom is -0.467 e. The highest BCUT2D eigenvalue weighted by molar-refractivity contribution is 5.78. The van der Waals surface area contributed by atoms with Gasteiger partial charge in [-0.15, -0.1) is 0 Å². The van der Waals surface area contributed by atoms with Crippen molar-refractivity contribution in [3.8, 4) is 0 Å². The van der Waals surface area contributed by atoms with Crippen molar-refractivity contribution in [2.24, 2.45) is 0 Å². The number of rotatable bonds is 5. The fourth-order valence-corrected chi connectivity index (χ4v) is 3.37. The summed E-state index contributed by atoms with van der Waals surface area (Å²) in [5.41, 5.74) is 2.05. The van der Waals surface area contributed by atoms with Crippen molar-refractivity contribution in [2.75, 3.05) is 19.8 Å². The molecule has 0 aliphatic carbocycles. The lowest BCUT2D eigenvalue weighted by Crippen LogP contribution is -2.45. The Bertz CT molecular complexity index is 819. The molecule has 0 spiro atoms. The Morgan fingerprint density at radius 2 is 2.08 bits per heavy atom. The van der Waals surface area contributed by atoms with Gasteiger partial charge in [0.15, 0.2) is 0 Å². The topological polar surface area (TPSA) is 58.7 Å². The Kier molecular flexibility index (Phi) is 4.78. The van der Waals surface area contributed by atoms with Crippen LogP contribution in [0.15, 0.2) is 59.2 Å². The number of nitrogens with zero attached hydrogens (tertiary/aromatic N) is 2. The average molecular weight is 338 g/mol. The van der Waals surface area contributed by atoms with Gasteiger partial charge in [0.2, 0.25) is 0 Å². The summed E-state index contributed by atoms with van der Waals surface area (Å²) in [6.07, 6.45) is 1.56. The van der Waals surface area contributed by atoms with E-state index in [1.807, 2.05) is 24.3 Å². The normalized spacial score (nSPS) is 20.0. The summed E-state index contributed by atoms with van der Waals surface area (Å²) >= 11 is 0. The van der Waals surface area contributed by atoms with E-state index in [2.05, 4.69) is 23.1 Å². The van der Waals surface area contributed by atoms with Gasteiger partial charge in [-0.05, 0) is 30.7 Å². The predicted octanol–water partition coefficient (Wildman–Crippen LogP) is 3.15. The average Bonchev–Trinajstić information content (AvgIpc) is 3.18. The van der Waals surface area contributed by atoms with Gasteiger partial charge in [0.05, 0.1) is 30.7 Å². The van der Waals surface area contributed by atoms with Crippen molar-refractivity contribution in [1.29, 1.82) is 0 Å². The smallest absolute Gasteiger partial charge is 0.132 e. The molecule has 3 heterocycles. The SMILES string of the molecule is OC(CC1COCCN1Cc1ccc2ccccc2n1)c1ccco1. The number of hydrogen-bond donors (Lipinski definition) is 1. The molecule has 25 heavy (non-hydrogen) atoms. The van der Waals surface area contributed by atoms with Crippen molar-refractivity contribution >= 4 is 10.9 Å². The molecule has 0 bridgehead atoms. The maximum Gasteiger partial charge on any atom is 0.132 e. The molecule has 2 unspecified atom stereocenters. The van der Waals surface area contributed by atoms with Crippen LogP contribution in [0, 0.1) is 0 Å². The van der Waals surface area contributed by atoms with Crippen molar-refractivity contribution in [1.82, 2.24) is 9.88 Å². The highest BCUT2D eigenvalue weighted by Crippen LogP contribution is 2.24. The molecule has 1 fully saturated rings. The van der Waals surface area contributed by atoms with Crippen molar-refractivity contribution < 1.29 is 14.3 Å². The van der Waals surface area contributed by atoms with Crippen LogP contribution in [-0.4, -0.2) is 40.8 Å². The van der Waals surface area contributed by atoms with E-state index >= 15 is 0 Å². The van der Waals surface area contributed by atoms with Gasteiger partial charge in [-0.1, -0.05) is 24.3 Å². The van der Waals surface area contributed by atoms with Gasteiger partial charge in [-0.25, -0.2) is 0 Å². The van der Waals surface area contributed by atoms with Gasteiger partial charge in [-0.3, -0.25) is 9.88 Å². The van der Waals surface area contributed by atoms with E-state index < -0.39 is 6.10 Å². The van der Waals surface area contributed by atoms with Crippen LogP contribution < -0.4 is 0 Å². The summed E-state index contributed by atoms with van der Waals surface area (Å²) in [6.45, 7) is 2.92. The summed E-state index contributed by atoms with van der Waals surface area (Å²) in [5.74, 6) is 0.606. The molecule has 130 valence electrons. The molecule has 1 N–H and O–H groups in total. The molecule has 5 heteroatoms. The van der Waals surface area contributed by atoms with Crippen LogP contribution in [0.1, 0.15) is 24.0 Å². The highest BCUT2D eigenvalue weighted by atomic mass is 16.5. The molecule has 0 radical (unpaired) electrons. The molecule has 4 rings (SSSR count). The monoisotopic (exact) mass is 338 g/mol. The zero-order valence-electron chi connectivity index (χ0n) is 14.0. The lowest BCUT2D eigenvalue weighted by atomic mass is 10.0. The van der Waals surface area contributed by atoms with Crippen LogP contribution >= 0.6 is 0 Å². The first-order chi connectivity index (χ1) is 12.3. The first kappa shape index (κ1) is 16.3. The second kappa shape index (κ2) is 7.35. The fourth-order valence-electron chi connectivity index (χ4n) is 3.37. The van der Waals surface area contributed by atoms with Crippen LogP contribution in [0.4, 0.5) is 0 Å². The van der Waals surface area contributed by atoms with Gasteiger partial charge in [0.25, 0.3) is 0 Å². The molecule has 1 aliphatic rings. The predicted molar refractivity (Wildman–Crippen MR) is 95.0 cm³/mol. The molecular formula is C20H22N2O3. The zero-order chi connectivity index (χ0) is 17.1. The van der Waals surface area contributed by atoms with Gasteiger partial charge in [-0.2, -0.15) is 0 Å². The number of para-hydroxylation sites is 1. The number of morpholine rings is 1. The molecular weight excluding hydrogens is 316 g/mol. The van der Waals surface area contributed by atoms with E-state index in [1.54, 1.807) is 12.3 Å². The third kappa shape index (κ3) is 3.74. The number of aromatic nitrogens is 1. The second-order valence-electron chi connectivity index (χ2n) is 6.46. The minimum absolute atomic E-state index is 0.141. The van der Waals surface area contributed by atoms with E-state index in [4.69, 9.17) is 14.1 Å². The van der Waals surface area contributed by atoms with E-state index in [-0.39, 0.29) is 6.04 Å². The Morgan fingerprint density at radius 3 is 2.96 bits per heavy atom. The number of aliphatic hydroxyl groups is 1. The number of hydrogen-bond acceptors (Lipinski definition) is 5. The van der Waals surface area contributed by atoms with E-state index in [1.165, 1.54) is 0 Å². The first-order valence-electron chi connectivity index (χ1n) is 8.67. The molecule has 0 amide bonds. The number of fused-ring (bicyclic) bond motifs is 1. The molecule has 1 aromatic carbocycles. The summed E-state index contributed by atoms with van der Waals surface area (Å²) in [4.78, 5) is 7.11. The Morgan fingerprint density at radius 1 is 1.16 bits per heavy atom. The third-order valence-electron chi connectivity index (χ3n) is 4.74. The molecule has 2 aromatic heterocycles. The highest BCUT2D eigenvalue weighted by Gasteiger charge is 2.27. The molecule has 2 atom stereocenters. The molecule has 0 saturated carbocycles. The molecule has 5 nitrogen and oxygen atoms in total. The maximum absolute atomic E-state index is 10.4. The Balaban J connectivity index is 1.48. The van der Waals surface area contributed by atoms with Crippen molar-refractivity contribution in [3.05, 3.63) is 66.2 Å². The standard InChI is InChI=1S/C20H22N2O3/c23-19(20-6-3-10-25-20)12-17-14-24-11-9-22(17)13-16-8-7-15-4-1-2-5-18(15)21-16/h1-8,10,17,19,23H,9,11-14H2. The van der Waals surface area contributed by atoms with Crippen LogP contribution in [-0.2, 0) is 11.3 Å². The van der Waals surface area contributed by atoms with Crippen molar-refractivity contribution in [3.63, 3.8) is 0 Å². The molecule has 3 aromatic rings. The summed E-state index contributed by atoms with van der Waals surface area (Å²) < 4.78 is 11.0. The largest absolute Gasteiger partial charge is 0.467 e. The third-order valence-corrected chi connectivity index (χ3v) is 4.74. The van der Waals surface area contributed by atoms with E-state index in [0.29, 0.717) is 25.4 Å². The fraction of sp³-hybridized carbons (Fsp3) is 0.350. The number of ether oxygens (including phenoxy) is 1. The van der Waals surface area contributed by atoms with Crippen LogP contribution in [0.2, 0.25) is 0 Å². The number of benzene rings is 1. The Labute approximate surface area is 146 Å². The van der Waals surface area contributed by atoms with Gasteiger partial charge in [0.1, 0.15) is 11.9 Å². The summed E-state index contributed by atoms with van der Waals surface area (Å²) in [5, 5.41) is 11.5. The van der Waals surface area contributed by atoms with Crippen LogP contribution in [0.3, 0.4) is 0 Å². The molecule has 1 aliphatic heterocycles. The van der Waals surface area contributed by atoms with E-state index in [0.717, 1.165) is 29.7 Å². The van der Waals surface area contributed by atoms with E-state index in [9.17, 15) is 5.11 Å². The van der Waals surface area contributed by atoms with Gasteiger partial charge < -0.3 is 14.3 Å². The molecule has 1 saturated heterocycles. The summed E-state index contributed by atoms with van der Waals surface area (Å²) in [7, 11) is 0. The lowest BCUT2D eigenvalue weighted by molar-refractivity contribution is -0.0327. The van der Waals surface area contributed by atoms with Gasteiger partial charge in [0, 0.05) is 24.5 Å². The van der Waals surface area contributed by atoms with Crippen molar-refractivity contribution in [2.45, 2.75) is 25.1 Å². The second-order valence-corrected chi connectivity index (χ2v) is 6.46.